The van der Waals surface area contributed by atoms with Gasteiger partial charge in [0.2, 0.25) is 5.78 Å². The lowest BCUT2D eigenvalue weighted by atomic mass is 9.59. The minimum Gasteiger partial charge on any atom is -0.508 e. The van der Waals surface area contributed by atoms with Gasteiger partial charge >= 0.3 is 6.18 Å². The normalized spacial score (nSPS) is 25.5. The smallest absolute Gasteiger partial charge is 0.416 e. The van der Waals surface area contributed by atoms with Crippen LogP contribution in [-0.4, -0.2) is 43.5 Å². The summed E-state index contributed by atoms with van der Waals surface area (Å²) in [5, 5.41) is 43.5. The molecule has 2 aromatic carbocycles. The molecule has 3 atom stereocenters. The fraction of sp³-hybridized carbons (Fsp3) is 0.269. The Morgan fingerprint density at radius 2 is 1.65 bits per heavy atom. The number of phenolic OH excluding ortho intramolecular Hbond substituents is 1. The number of benzene rings is 2. The topological polar surface area (TPSA) is 158 Å². The van der Waals surface area contributed by atoms with Crippen LogP contribution < -0.4 is 5.73 Å². The fourth-order valence-corrected chi connectivity index (χ4v) is 5.73. The van der Waals surface area contributed by atoms with E-state index in [9.17, 15) is 48.0 Å². The maximum atomic E-state index is 13.5. The Morgan fingerprint density at radius 3 is 2.24 bits per heavy atom. The van der Waals surface area contributed by atoms with Gasteiger partial charge in [0.15, 0.2) is 11.4 Å². The average Bonchev–Trinajstić information content (AvgIpc) is 2.81. The largest absolute Gasteiger partial charge is 0.508 e. The lowest BCUT2D eigenvalue weighted by Gasteiger charge is -2.46. The quantitative estimate of drug-likeness (QED) is 0.385. The van der Waals surface area contributed by atoms with Crippen molar-refractivity contribution >= 4 is 23.2 Å². The second kappa shape index (κ2) is 7.94. The van der Waals surface area contributed by atoms with Gasteiger partial charge in [-0.05, 0) is 53.6 Å². The first-order valence-electron chi connectivity index (χ1n) is 11.3. The second-order valence-electron chi connectivity index (χ2n) is 9.47. The van der Waals surface area contributed by atoms with Gasteiger partial charge in [0, 0.05) is 17.9 Å². The molecule has 0 aliphatic heterocycles. The monoisotopic (exact) mass is 515 g/mol. The third kappa shape index (κ3) is 3.45. The van der Waals surface area contributed by atoms with E-state index in [2.05, 4.69) is 0 Å². The molecule has 37 heavy (non-hydrogen) atoms. The molecule has 0 radical (unpaired) electrons. The zero-order chi connectivity index (χ0) is 27.0. The molecular weight excluding hydrogens is 495 g/mol. The summed E-state index contributed by atoms with van der Waals surface area (Å²) in [4.78, 5) is 37.7. The van der Waals surface area contributed by atoms with E-state index < -0.39 is 75.9 Å². The number of Topliss-reactive ketones (excluding diaryl/α,β-unsaturated/α-hetero) is 2. The van der Waals surface area contributed by atoms with E-state index in [0.29, 0.717) is 16.7 Å². The van der Waals surface area contributed by atoms with Crippen molar-refractivity contribution in [1.82, 2.24) is 0 Å². The van der Waals surface area contributed by atoms with Gasteiger partial charge < -0.3 is 26.2 Å². The third-order valence-electron chi connectivity index (χ3n) is 7.47. The van der Waals surface area contributed by atoms with Crippen LogP contribution in [0.2, 0.25) is 0 Å². The first-order valence-corrected chi connectivity index (χ1v) is 11.3. The molecule has 1 saturated carbocycles. The number of carbonyl (C=O) groups is 3. The van der Waals surface area contributed by atoms with Gasteiger partial charge in [0.25, 0.3) is 5.91 Å². The summed E-state index contributed by atoms with van der Waals surface area (Å²) < 4.78 is 39.1. The molecule has 3 aliphatic rings. The zero-order valence-electron chi connectivity index (χ0n) is 19.0. The number of halogens is 3. The number of rotatable bonds is 2. The highest BCUT2D eigenvalue weighted by molar-refractivity contribution is 6.22. The number of hydrogen-bond acceptors (Lipinski definition) is 7. The number of nitrogens with two attached hydrogens (primary N) is 1. The van der Waals surface area contributed by atoms with Crippen molar-refractivity contribution in [3.05, 3.63) is 70.0 Å². The van der Waals surface area contributed by atoms with Crippen LogP contribution in [0.3, 0.4) is 0 Å². The highest BCUT2D eigenvalue weighted by atomic mass is 19.4. The molecule has 0 aromatic heterocycles. The van der Waals surface area contributed by atoms with E-state index in [0.717, 1.165) is 12.1 Å². The fourth-order valence-electron chi connectivity index (χ4n) is 5.73. The minimum absolute atomic E-state index is 0.0408. The van der Waals surface area contributed by atoms with Gasteiger partial charge in [-0.15, -0.1) is 0 Å². The molecule has 8 nitrogen and oxygen atoms in total. The molecule has 5 rings (SSSR count). The molecule has 11 heteroatoms. The number of aliphatic hydroxyl groups excluding tert-OH is 2. The SMILES string of the molecule is NC(=O)C1=C(O)C2(O)C(=O)C3=C(O)c4c(O)ccc(-c5ccc(C(F)(F)F)cc5)c4CC3CC2CC1=O. The molecule has 1 amide bonds. The number of primary amides is 1. The predicted molar refractivity (Wildman–Crippen MR) is 122 cm³/mol. The van der Waals surface area contributed by atoms with E-state index in [-0.39, 0.29) is 24.0 Å². The standard InChI is InChI=1S/C26H20F3NO7/c27-26(28,29)12-3-1-10(2-4-12)14-5-6-16(31)19-15(14)8-11-7-13-9-17(32)20(24(30)36)23(35)25(13,37)22(34)18(11)21(19)33/h1-6,11,13,31,33,35,37H,7-9H2,(H2,30,36). The third-order valence-corrected chi connectivity index (χ3v) is 7.47. The number of ketones is 2. The Bertz CT molecular complexity index is 1460. The molecule has 192 valence electrons. The van der Waals surface area contributed by atoms with Crippen LogP contribution in [0.1, 0.15) is 29.5 Å². The van der Waals surface area contributed by atoms with Crippen LogP contribution in [-0.2, 0) is 27.0 Å². The van der Waals surface area contributed by atoms with Gasteiger partial charge in [-0.2, -0.15) is 13.2 Å². The van der Waals surface area contributed by atoms with Crippen LogP contribution in [0.4, 0.5) is 13.2 Å². The Balaban J connectivity index is 1.66. The molecule has 2 aromatic rings. The van der Waals surface area contributed by atoms with E-state index >= 15 is 0 Å². The number of phenols is 1. The maximum absolute atomic E-state index is 13.5. The molecule has 3 unspecified atom stereocenters. The van der Waals surface area contributed by atoms with Crippen molar-refractivity contribution < 1.29 is 48.0 Å². The van der Waals surface area contributed by atoms with Gasteiger partial charge in [-0.1, -0.05) is 18.2 Å². The van der Waals surface area contributed by atoms with Crippen LogP contribution in [0, 0.1) is 11.8 Å². The van der Waals surface area contributed by atoms with Crippen molar-refractivity contribution in [3.8, 4) is 16.9 Å². The molecule has 0 spiro atoms. The number of hydrogen-bond donors (Lipinski definition) is 5. The summed E-state index contributed by atoms with van der Waals surface area (Å²) in [5.41, 5.74) is 1.49. The molecule has 0 bridgehead atoms. The van der Waals surface area contributed by atoms with Gasteiger partial charge in [-0.25, -0.2) is 0 Å². The zero-order valence-corrected chi connectivity index (χ0v) is 19.0. The highest BCUT2D eigenvalue weighted by Crippen LogP contribution is 2.53. The summed E-state index contributed by atoms with van der Waals surface area (Å²) >= 11 is 0. The first kappa shape index (κ1) is 24.6. The minimum atomic E-state index is -4.53. The molecule has 1 fully saturated rings. The number of fused-ring (bicyclic) bond motifs is 3. The number of amides is 1. The van der Waals surface area contributed by atoms with Crippen molar-refractivity contribution in [2.45, 2.75) is 31.0 Å². The number of aromatic hydroxyl groups is 1. The second-order valence-corrected chi connectivity index (χ2v) is 9.47. The van der Waals surface area contributed by atoms with E-state index in [1.54, 1.807) is 0 Å². The van der Waals surface area contributed by atoms with Gasteiger partial charge in [0.05, 0.1) is 11.1 Å². The van der Waals surface area contributed by atoms with Crippen molar-refractivity contribution in [3.63, 3.8) is 0 Å². The Kier molecular flexibility index (Phi) is 5.27. The van der Waals surface area contributed by atoms with Crippen molar-refractivity contribution in [2.75, 3.05) is 0 Å². The molecule has 0 saturated heterocycles. The van der Waals surface area contributed by atoms with E-state index in [1.807, 2.05) is 0 Å². The summed E-state index contributed by atoms with van der Waals surface area (Å²) in [6.45, 7) is 0. The van der Waals surface area contributed by atoms with Crippen LogP contribution in [0.5, 0.6) is 5.75 Å². The molecule has 0 heterocycles. The number of aliphatic hydroxyl groups is 3. The Hall–Kier alpha value is -4.12. The van der Waals surface area contributed by atoms with Crippen LogP contribution >= 0.6 is 0 Å². The van der Waals surface area contributed by atoms with Crippen LogP contribution in [0.25, 0.3) is 16.9 Å². The van der Waals surface area contributed by atoms with Gasteiger partial charge in [-0.3, -0.25) is 14.4 Å². The average molecular weight is 515 g/mol. The first-order chi connectivity index (χ1) is 17.3. The maximum Gasteiger partial charge on any atom is 0.416 e. The molecular formula is C26H20F3NO7. The number of carbonyl (C=O) groups excluding carboxylic acids is 3. The molecule has 3 aliphatic carbocycles. The van der Waals surface area contributed by atoms with Crippen LogP contribution in [0.15, 0.2) is 53.3 Å². The van der Waals surface area contributed by atoms with Crippen molar-refractivity contribution in [1.29, 1.82) is 0 Å². The Morgan fingerprint density at radius 1 is 1.00 bits per heavy atom. The molecule has 6 N–H and O–H groups in total. The predicted octanol–water partition coefficient (Wildman–Crippen LogP) is 3.11. The van der Waals surface area contributed by atoms with E-state index in [4.69, 9.17) is 5.73 Å². The summed E-state index contributed by atoms with van der Waals surface area (Å²) in [7, 11) is 0. The van der Waals surface area contributed by atoms with Crippen molar-refractivity contribution in [2.24, 2.45) is 17.6 Å². The van der Waals surface area contributed by atoms with Gasteiger partial charge in [0.1, 0.15) is 22.8 Å². The lowest BCUT2D eigenvalue weighted by Crippen LogP contribution is -2.58. The summed E-state index contributed by atoms with van der Waals surface area (Å²) in [6.07, 6.45) is -4.99. The lowest BCUT2D eigenvalue weighted by molar-refractivity contribution is -0.147. The summed E-state index contributed by atoms with van der Waals surface area (Å²) in [5.74, 6) is -7.38. The highest BCUT2D eigenvalue weighted by Gasteiger charge is 2.60. The number of alkyl halides is 3. The Labute approximate surface area is 207 Å². The summed E-state index contributed by atoms with van der Waals surface area (Å²) in [6, 6.07) is 7.02. The van der Waals surface area contributed by atoms with E-state index in [1.165, 1.54) is 24.3 Å².